The number of halogens is 3. The highest BCUT2D eigenvalue weighted by Gasteiger charge is 2.30. The molecule has 5 nitrogen and oxygen atoms in total. The lowest BCUT2D eigenvalue weighted by Gasteiger charge is -2.09. The lowest BCUT2D eigenvalue weighted by molar-refractivity contribution is -0.137. The minimum Gasteiger partial charge on any atom is -0.325 e. The lowest BCUT2D eigenvalue weighted by atomic mass is 10.1. The number of amides is 1. The molecule has 4 aromatic rings. The molecule has 31 heavy (non-hydrogen) atoms. The Morgan fingerprint density at radius 3 is 2.65 bits per heavy atom. The van der Waals surface area contributed by atoms with Gasteiger partial charge in [0.25, 0.3) is 5.56 Å². The van der Waals surface area contributed by atoms with Gasteiger partial charge in [0, 0.05) is 16.6 Å². The molecule has 10 heteroatoms. The van der Waals surface area contributed by atoms with E-state index in [1.54, 1.807) is 0 Å². The van der Waals surface area contributed by atoms with Gasteiger partial charge in [0.05, 0.1) is 16.7 Å². The maximum absolute atomic E-state index is 12.8. The second-order valence-electron chi connectivity index (χ2n) is 6.48. The summed E-state index contributed by atoms with van der Waals surface area (Å²) >= 11 is 2.32. The molecule has 0 aliphatic heterocycles. The van der Waals surface area contributed by atoms with Crippen LogP contribution in [0, 0.1) is 0 Å². The van der Waals surface area contributed by atoms with Crippen LogP contribution in [0.15, 0.2) is 69.9 Å². The lowest BCUT2D eigenvalue weighted by Crippen LogP contribution is -2.16. The summed E-state index contributed by atoms with van der Waals surface area (Å²) in [6, 6.07) is 13.9. The normalized spacial score (nSPS) is 11.6. The Morgan fingerprint density at radius 1 is 1.13 bits per heavy atom. The molecular weight excluding hydrogens is 447 g/mol. The molecule has 0 aliphatic carbocycles. The molecule has 0 spiro atoms. The monoisotopic (exact) mass is 461 g/mol. The van der Waals surface area contributed by atoms with Crippen molar-refractivity contribution in [3.8, 4) is 11.1 Å². The van der Waals surface area contributed by atoms with Gasteiger partial charge in [0.2, 0.25) is 5.91 Å². The molecule has 1 amide bonds. The largest absolute Gasteiger partial charge is 0.416 e. The van der Waals surface area contributed by atoms with Crippen LogP contribution in [0.4, 0.5) is 18.9 Å². The van der Waals surface area contributed by atoms with E-state index in [-0.39, 0.29) is 22.2 Å². The van der Waals surface area contributed by atoms with Gasteiger partial charge >= 0.3 is 6.18 Å². The third-order valence-corrected chi connectivity index (χ3v) is 6.07. The average Bonchev–Trinajstić information content (AvgIpc) is 3.17. The number of benzene rings is 2. The van der Waals surface area contributed by atoms with E-state index in [4.69, 9.17) is 0 Å². The molecule has 0 unspecified atom stereocenters. The number of hydrogen-bond donors (Lipinski definition) is 2. The zero-order valence-electron chi connectivity index (χ0n) is 15.7. The van der Waals surface area contributed by atoms with Crippen LogP contribution in [-0.2, 0) is 11.0 Å². The molecule has 4 rings (SSSR count). The maximum Gasteiger partial charge on any atom is 0.416 e. The van der Waals surface area contributed by atoms with E-state index in [0.717, 1.165) is 35.0 Å². The van der Waals surface area contributed by atoms with Crippen molar-refractivity contribution in [3.63, 3.8) is 0 Å². The van der Waals surface area contributed by atoms with Crippen molar-refractivity contribution in [3.05, 3.63) is 75.9 Å². The van der Waals surface area contributed by atoms with Crippen molar-refractivity contribution in [2.45, 2.75) is 11.3 Å². The fourth-order valence-electron chi connectivity index (χ4n) is 2.93. The number of hydrogen-bond acceptors (Lipinski definition) is 5. The fraction of sp³-hybridized carbons (Fsp3) is 0.0952. The van der Waals surface area contributed by atoms with Crippen LogP contribution in [-0.4, -0.2) is 21.6 Å². The molecule has 2 heterocycles. The van der Waals surface area contributed by atoms with Gasteiger partial charge in [-0.05, 0) is 23.8 Å². The Bertz CT molecular complexity index is 1300. The summed E-state index contributed by atoms with van der Waals surface area (Å²) in [4.78, 5) is 32.4. The number of carbonyl (C=O) groups excluding carboxylic acids is 1. The van der Waals surface area contributed by atoms with Crippen molar-refractivity contribution in [1.82, 2.24) is 9.97 Å². The van der Waals surface area contributed by atoms with Crippen molar-refractivity contribution in [1.29, 1.82) is 0 Å². The predicted molar refractivity (Wildman–Crippen MR) is 116 cm³/mol. The summed E-state index contributed by atoms with van der Waals surface area (Å²) < 4.78 is 38.4. The van der Waals surface area contributed by atoms with E-state index < -0.39 is 17.6 Å². The molecule has 2 aromatic carbocycles. The fourth-order valence-corrected chi connectivity index (χ4v) is 4.60. The van der Waals surface area contributed by atoms with Gasteiger partial charge in [-0.15, -0.1) is 11.3 Å². The first kappa shape index (κ1) is 21.1. The number of nitrogens with one attached hydrogen (secondary N) is 2. The number of nitrogens with zero attached hydrogens (tertiary/aromatic N) is 1. The Balaban J connectivity index is 1.47. The molecule has 0 saturated heterocycles. The van der Waals surface area contributed by atoms with Crippen molar-refractivity contribution >= 4 is 44.9 Å². The quantitative estimate of drug-likeness (QED) is 0.308. The summed E-state index contributed by atoms with van der Waals surface area (Å²) in [6.45, 7) is 0. The topological polar surface area (TPSA) is 74.8 Å². The number of aromatic amines is 1. The highest BCUT2D eigenvalue weighted by atomic mass is 32.2. The molecule has 0 radical (unpaired) electrons. The van der Waals surface area contributed by atoms with Crippen LogP contribution < -0.4 is 10.9 Å². The zero-order valence-corrected chi connectivity index (χ0v) is 17.3. The average molecular weight is 461 g/mol. The van der Waals surface area contributed by atoms with Crippen molar-refractivity contribution in [2.24, 2.45) is 0 Å². The van der Waals surface area contributed by atoms with Crippen LogP contribution in [0.5, 0.6) is 0 Å². The van der Waals surface area contributed by atoms with E-state index in [2.05, 4.69) is 15.3 Å². The number of anilines is 1. The van der Waals surface area contributed by atoms with Crippen LogP contribution in [0.3, 0.4) is 0 Å². The van der Waals surface area contributed by atoms with E-state index in [1.165, 1.54) is 23.5 Å². The Morgan fingerprint density at radius 2 is 1.90 bits per heavy atom. The Labute approximate surface area is 182 Å². The molecule has 0 atom stereocenters. The highest BCUT2D eigenvalue weighted by Crippen LogP contribution is 2.32. The number of rotatable bonds is 5. The van der Waals surface area contributed by atoms with Gasteiger partial charge < -0.3 is 10.3 Å². The third-order valence-electron chi connectivity index (χ3n) is 4.32. The molecule has 0 aliphatic rings. The molecule has 0 bridgehead atoms. The van der Waals surface area contributed by atoms with E-state index in [1.807, 2.05) is 35.7 Å². The van der Waals surface area contributed by atoms with Crippen molar-refractivity contribution < 1.29 is 18.0 Å². The second kappa shape index (κ2) is 8.56. The molecule has 158 valence electrons. The van der Waals surface area contributed by atoms with E-state index in [9.17, 15) is 22.8 Å². The van der Waals surface area contributed by atoms with Crippen LogP contribution in [0.1, 0.15) is 5.56 Å². The number of fused-ring (bicyclic) bond motifs is 1. The Kier molecular flexibility index (Phi) is 5.84. The summed E-state index contributed by atoms with van der Waals surface area (Å²) in [7, 11) is 0. The van der Waals surface area contributed by atoms with Crippen molar-refractivity contribution in [2.75, 3.05) is 11.1 Å². The number of H-pyrrole nitrogens is 1. The van der Waals surface area contributed by atoms with Crippen LogP contribution >= 0.6 is 23.1 Å². The molecule has 2 aromatic heterocycles. The first-order valence-corrected chi connectivity index (χ1v) is 10.8. The first-order chi connectivity index (χ1) is 14.8. The number of aromatic nitrogens is 2. The molecule has 2 N–H and O–H groups in total. The predicted octanol–water partition coefficient (Wildman–Crippen LogP) is 5.40. The smallest absolute Gasteiger partial charge is 0.325 e. The summed E-state index contributed by atoms with van der Waals surface area (Å²) in [5, 5.41) is 5.03. The number of carbonyl (C=O) groups is 1. The molecule has 0 saturated carbocycles. The minimum atomic E-state index is -4.49. The summed E-state index contributed by atoms with van der Waals surface area (Å²) in [5.74, 6) is -0.634. The molecular formula is C21H14F3N3O2S2. The van der Waals surface area contributed by atoms with E-state index >= 15 is 0 Å². The second-order valence-corrected chi connectivity index (χ2v) is 8.30. The number of thioether (sulfide) groups is 1. The van der Waals surface area contributed by atoms with Gasteiger partial charge in [-0.25, -0.2) is 4.98 Å². The standard InChI is InChI=1S/C21H14F3N3O2S2/c22-21(23,24)13-7-4-8-14(9-13)25-16(28)11-31-20-26-18(29)17-15(10-30-19(17)27-20)12-5-2-1-3-6-12/h1-10H,11H2,(H,25,28)(H,26,27,29). The van der Waals surface area contributed by atoms with Gasteiger partial charge in [0.15, 0.2) is 5.16 Å². The number of thiophene rings is 1. The zero-order chi connectivity index (χ0) is 22.0. The van der Waals surface area contributed by atoms with Crippen LogP contribution in [0.2, 0.25) is 0 Å². The Hall–Kier alpha value is -3.11. The van der Waals surface area contributed by atoms with Gasteiger partial charge in [-0.1, -0.05) is 48.2 Å². The third kappa shape index (κ3) is 4.80. The minimum absolute atomic E-state index is 0.0445. The highest BCUT2D eigenvalue weighted by molar-refractivity contribution is 7.99. The van der Waals surface area contributed by atoms with Crippen LogP contribution in [0.25, 0.3) is 21.3 Å². The SMILES string of the molecule is O=C(CSc1nc2scc(-c3ccccc3)c2c(=O)[nH]1)Nc1cccc(C(F)(F)F)c1. The summed E-state index contributed by atoms with van der Waals surface area (Å²) in [6.07, 6.45) is -4.49. The van der Waals surface area contributed by atoms with Gasteiger partial charge in [-0.2, -0.15) is 13.2 Å². The first-order valence-electron chi connectivity index (χ1n) is 8.98. The van der Waals surface area contributed by atoms with Gasteiger partial charge in [-0.3, -0.25) is 9.59 Å². The molecule has 0 fully saturated rings. The van der Waals surface area contributed by atoms with E-state index in [0.29, 0.717) is 10.2 Å². The van der Waals surface area contributed by atoms with Gasteiger partial charge in [0.1, 0.15) is 4.83 Å². The number of alkyl halides is 3. The maximum atomic E-state index is 12.8. The summed E-state index contributed by atoms with van der Waals surface area (Å²) in [5.41, 5.74) is 0.574.